The molecule has 1 atom stereocenters. The van der Waals surface area contributed by atoms with Crippen molar-refractivity contribution in [3.05, 3.63) is 29.6 Å². The van der Waals surface area contributed by atoms with Crippen molar-refractivity contribution in [2.75, 3.05) is 20.3 Å². The van der Waals surface area contributed by atoms with Crippen LogP contribution in [0, 0.1) is 0 Å². The zero-order valence-corrected chi connectivity index (χ0v) is 12.2. The third kappa shape index (κ3) is 4.01. The van der Waals surface area contributed by atoms with Crippen LogP contribution in [0.2, 0.25) is 0 Å². The van der Waals surface area contributed by atoms with Crippen LogP contribution in [0.4, 0.5) is 0 Å². The summed E-state index contributed by atoms with van der Waals surface area (Å²) in [5.74, 6) is -0.343. The Morgan fingerprint density at radius 2 is 2.29 bits per heavy atom. The fourth-order valence-electron chi connectivity index (χ4n) is 2.65. The summed E-state index contributed by atoms with van der Waals surface area (Å²) in [4.78, 5) is 29.3. The van der Waals surface area contributed by atoms with Crippen molar-refractivity contribution in [2.24, 2.45) is 5.73 Å². The predicted molar refractivity (Wildman–Crippen MR) is 77.3 cm³/mol. The number of aromatic nitrogens is 1. The van der Waals surface area contributed by atoms with Crippen LogP contribution in [0.1, 0.15) is 36.7 Å². The summed E-state index contributed by atoms with van der Waals surface area (Å²) in [6.07, 6.45) is 2.68. The molecule has 21 heavy (non-hydrogen) atoms. The second-order valence-corrected chi connectivity index (χ2v) is 5.20. The van der Waals surface area contributed by atoms with Crippen LogP contribution in [0.3, 0.4) is 0 Å². The van der Waals surface area contributed by atoms with Gasteiger partial charge in [-0.2, -0.15) is 0 Å². The summed E-state index contributed by atoms with van der Waals surface area (Å²) < 4.78 is 4.93. The smallest absolute Gasteiger partial charge is 0.249 e. The second-order valence-electron chi connectivity index (χ2n) is 5.20. The average Bonchev–Trinajstić information content (AvgIpc) is 2.95. The number of primary amides is 1. The molecule has 1 aromatic heterocycles. The molecular weight excluding hydrogens is 270 g/mol. The van der Waals surface area contributed by atoms with Crippen LogP contribution in [-0.2, 0) is 20.7 Å². The predicted octanol–water partition coefficient (Wildman–Crippen LogP) is 0.809. The maximum absolute atomic E-state index is 12.0. The molecule has 0 saturated carbocycles. The molecule has 1 fully saturated rings. The Bertz CT molecular complexity index is 519. The summed E-state index contributed by atoms with van der Waals surface area (Å²) in [5, 5.41) is 0. The number of ether oxygens (including phenoxy) is 1. The highest BCUT2D eigenvalue weighted by Gasteiger charge is 2.30. The standard InChI is InChI=1S/C15H21N3O3/c1-21-10-15(20)18-9-3-6-13(18)12-5-2-4-11(17-12)7-8-14(16)19/h2,4-5,13H,3,6-10H2,1H3,(H2,16,19)/t13-/m0/s1. The van der Waals surface area contributed by atoms with Crippen LogP contribution in [-0.4, -0.2) is 42.0 Å². The number of methoxy groups -OCH3 is 1. The molecule has 0 aliphatic carbocycles. The maximum Gasteiger partial charge on any atom is 0.249 e. The number of carbonyl (C=O) groups is 2. The lowest BCUT2D eigenvalue weighted by Gasteiger charge is -2.24. The van der Waals surface area contributed by atoms with Crippen molar-refractivity contribution in [3.63, 3.8) is 0 Å². The van der Waals surface area contributed by atoms with Gasteiger partial charge >= 0.3 is 0 Å². The van der Waals surface area contributed by atoms with Gasteiger partial charge in [-0.3, -0.25) is 14.6 Å². The van der Waals surface area contributed by atoms with Gasteiger partial charge in [-0.15, -0.1) is 0 Å². The minimum Gasteiger partial charge on any atom is -0.375 e. The second kappa shape index (κ2) is 7.17. The lowest BCUT2D eigenvalue weighted by atomic mass is 10.1. The molecule has 6 nitrogen and oxygen atoms in total. The van der Waals surface area contributed by atoms with E-state index in [2.05, 4.69) is 4.98 Å². The number of likely N-dealkylation sites (tertiary alicyclic amines) is 1. The van der Waals surface area contributed by atoms with Gasteiger partial charge in [0.15, 0.2) is 0 Å². The lowest BCUT2D eigenvalue weighted by molar-refractivity contribution is -0.136. The zero-order valence-electron chi connectivity index (χ0n) is 12.2. The first-order chi connectivity index (χ1) is 10.1. The number of nitrogens with zero attached hydrogens (tertiary/aromatic N) is 2. The third-order valence-electron chi connectivity index (χ3n) is 3.64. The van der Waals surface area contributed by atoms with Crippen LogP contribution in [0.15, 0.2) is 18.2 Å². The highest BCUT2D eigenvalue weighted by Crippen LogP contribution is 2.30. The van der Waals surface area contributed by atoms with E-state index in [1.807, 2.05) is 23.1 Å². The van der Waals surface area contributed by atoms with Gasteiger partial charge in [-0.25, -0.2) is 0 Å². The van der Waals surface area contributed by atoms with Crippen LogP contribution in [0.5, 0.6) is 0 Å². The highest BCUT2D eigenvalue weighted by atomic mass is 16.5. The molecule has 1 aliphatic heterocycles. The maximum atomic E-state index is 12.0. The van der Waals surface area contributed by atoms with Crippen molar-refractivity contribution in [1.29, 1.82) is 0 Å². The summed E-state index contributed by atoms with van der Waals surface area (Å²) in [5.41, 5.74) is 6.87. The highest BCUT2D eigenvalue weighted by molar-refractivity contribution is 5.78. The molecule has 0 radical (unpaired) electrons. The SMILES string of the molecule is COCC(=O)N1CCC[C@H]1c1cccc(CCC(N)=O)n1. The first kappa shape index (κ1) is 15.4. The number of rotatable bonds is 6. The summed E-state index contributed by atoms with van der Waals surface area (Å²) in [6, 6.07) is 5.72. The van der Waals surface area contributed by atoms with Crippen molar-refractivity contribution >= 4 is 11.8 Å². The molecule has 2 amide bonds. The Kier molecular flexibility index (Phi) is 5.27. The normalized spacial score (nSPS) is 18.0. The van der Waals surface area contributed by atoms with Gasteiger partial charge in [0.1, 0.15) is 6.61 Å². The van der Waals surface area contributed by atoms with E-state index in [0.717, 1.165) is 30.8 Å². The number of nitrogens with two attached hydrogens (primary N) is 1. The molecular formula is C15H21N3O3. The first-order valence-corrected chi connectivity index (χ1v) is 7.14. The number of carbonyl (C=O) groups excluding carboxylic acids is 2. The fourth-order valence-corrected chi connectivity index (χ4v) is 2.65. The Hall–Kier alpha value is -1.95. The molecule has 6 heteroatoms. The molecule has 0 aromatic carbocycles. The molecule has 114 valence electrons. The van der Waals surface area contributed by atoms with Crippen LogP contribution in [0.25, 0.3) is 0 Å². The molecule has 1 aliphatic rings. The van der Waals surface area contributed by atoms with E-state index in [1.165, 1.54) is 7.11 Å². The van der Waals surface area contributed by atoms with E-state index < -0.39 is 0 Å². The lowest BCUT2D eigenvalue weighted by Crippen LogP contribution is -2.33. The molecule has 2 N–H and O–H groups in total. The van der Waals surface area contributed by atoms with Crippen molar-refractivity contribution in [3.8, 4) is 0 Å². The minimum atomic E-state index is -0.333. The van der Waals surface area contributed by atoms with E-state index in [-0.39, 0.29) is 30.9 Å². The van der Waals surface area contributed by atoms with Crippen molar-refractivity contribution < 1.29 is 14.3 Å². The number of hydrogen-bond acceptors (Lipinski definition) is 4. The van der Waals surface area contributed by atoms with Gasteiger partial charge < -0.3 is 15.4 Å². The Morgan fingerprint density at radius 3 is 3.00 bits per heavy atom. The third-order valence-corrected chi connectivity index (χ3v) is 3.64. The Morgan fingerprint density at radius 1 is 1.48 bits per heavy atom. The van der Waals surface area contributed by atoms with E-state index in [4.69, 9.17) is 10.5 Å². The fraction of sp³-hybridized carbons (Fsp3) is 0.533. The van der Waals surface area contributed by atoms with E-state index in [9.17, 15) is 9.59 Å². The zero-order chi connectivity index (χ0) is 15.2. The topological polar surface area (TPSA) is 85.5 Å². The van der Waals surface area contributed by atoms with Gasteiger partial charge in [-0.05, 0) is 31.4 Å². The van der Waals surface area contributed by atoms with Crippen molar-refractivity contribution in [2.45, 2.75) is 31.7 Å². The molecule has 0 unspecified atom stereocenters. The van der Waals surface area contributed by atoms with E-state index in [1.54, 1.807) is 0 Å². The quantitative estimate of drug-likeness (QED) is 0.840. The number of amides is 2. The number of aryl methyl sites for hydroxylation is 1. The largest absolute Gasteiger partial charge is 0.375 e. The number of pyridine rings is 1. The minimum absolute atomic E-state index is 0.00109. The van der Waals surface area contributed by atoms with Gasteiger partial charge in [-0.1, -0.05) is 6.07 Å². The average molecular weight is 291 g/mol. The summed E-state index contributed by atoms with van der Waals surface area (Å²) in [7, 11) is 1.52. The molecule has 0 bridgehead atoms. The monoisotopic (exact) mass is 291 g/mol. The summed E-state index contributed by atoms with van der Waals surface area (Å²) >= 11 is 0. The molecule has 1 saturated heterocycles. The molecule has 2 rings (SSSR count). The Balaban J connectivity index is 2.11. The van der Waals surface area contributed by atoms with Crippen LogP contribution >= 0.6 is 0 Å². The Labute approximate surface area is 124 Å². The van der Waals surface area contributed by atoms with Crippen molar-refractivity contribution in [1.82, 2.24) is 9.88 Å². The molecule has 0 spiro atoms. The molecule has 1 aromatic rings. The number of hydrogen-bond donors (Lipinski definition) is 1. The van der Waals surface area contributed by atoms with Gasteiger partial charge in [0.05, 0.1) is 11.7 Å². The first-order valence-electron chi connectivity index (χ1n) is 7.14. The summed E-state index contributed by atoms with van der Waals surface area (Å²) in [6.45, 7) is 0.831. The van der Waals surface area contributed by atoms with E-state index >= 15 is 0 Å². The molecule has 2 heterocycles. The van der Waals surface area contributed by atoms with E-state index in [0.29, 0.717) is 6.42 Å². The van der Waals surface area contributed by atoms with Gasteiger partial charge in [0, 0.05) is 25.8 Å². The van der Waals surface area contributed by atoms with Gasteiger partial charge in [0.2, 0.25) is 11.8 Å². The van der Waals surface area contributed by atoms with Crippen LogP contribution < -0.4 is 5.73 Å². The van der Waals surface area contributed by atoms with Gasteiger partial charge in [0.25, 0.3) is 0 Å².